The molecule has 1 spiro atoms. The molecular weight excluding hydrogens is 557 g/mol. The number of hydrogen-bond donors (Lipinski definition) is 1. The third kappa shape index (κ3) is 3.64. The second-order valence-electron chi connectivity index (χ2n) is 9.61. The van der Waals surface area contributed by atoms with E-state index in [1.54, 1.807) is 28.8 Å². The summed E-state index contributed by atoms with van der Waals surface area (Å²) in [4.78, 5) is 32.0. The third-order valence-electron chi connectivity index (χ3n) is 7.32. The highest BCUT2D eigenvalue weighted by molar-refractivity contribution is 8.00. The molecule has 0 aromatic heterocycles. The van der Waals surface area contributed by atoms with Crippen molar-refractivity contribution < 1.29 is 32.0 Å². The number of thioether (sulfide) groups is 1. The largest absolute Gasteiger partial charge is 0.435 e. The SMILES string of the molecule is O=C1NC2(CN(C(=O)C3CSC3)C2)c2ccc(C3=NOC(c4cc(Cl)c(F)c(Cl)c4)(C(F)(F)F)C3)cc21. The van der Waals surface area contributed by atoms with Crippen LogP contribution in [0.5, 0.6) is 0 Å². The molecule has 2 amide bonds. The predicted octanol–water partition coefficient (Wildman–Crippen LogP) is 4.86. The monoisotopic (exact) mass is 573 g/mol. The Labute approximate surface area is 222 Å². The van der Waals surface area contributed by atoms with E-state index in [1.807, 2.05) is 0 Å². The molecular formula is C24H17Cl2F4N3O3S. The van der Waals surface area contributed by atoms with Crippen molar-refractivity contribution in [2.45, 2.75) is 23.7 Å². The summed E-state index contributed by atoms with van der Waals surface area (Å²) in [5, 5.41) is 5.49. The molecule has 1 N–H and O–H groups in total. The fraction of sp³-hybridized carbons (Fsp3) is 0.375. The lowest BCUT2D eigenvalue weighted by Crippen LogP contribution is -2.67. The first-order valence-corrected chi connectivity index (χ1v) is 13.2. The van der Waals surface area contributed by atoms with Gasteiger partial charge in [0.25, 0.3) is 11.5 Å². The number of rotatable bonds is 3. The second-order valence-corrected chi connectivity index (χ2v) is 11.5. The molecule has 0 bridgehead atoms. The van der Waals surface area contributed by atoms with Gasteiger partial charge in [-0.05, 0) is 23.8 Å². The van der Waals surface area contributed by atoms with E-state index in [9.17, 15) is 27.2 Å². The number of amides is 2. The van der Waals surface area contributed by atoms with Crippen LogP contribution in [0.3, 0.4) is 0 Å². The van der Waals surface area contributed by atoms with E-state index in [0.717, 1.165) is 23.6 Å². The number of oxime groups is 1. The van der Waals surface area contributed by atoms with Crippen LogP contribution in [0.2, 0.25) is 10.0 Å². The molecule has 2 fully saturated rings. The zero-order valence-electron chi connectivity index (χ0n) is 18.8. The molecule has 2 aromatic carbocycles. The van der Waals surface area contributed by atoms with Crippen LogP contribution in [0.25, 0.3) is 0 Å². The summed E-state index contributed by atoms with van der Waals surface area (Å²) in [5.74, 6) is 0.280. The van der Waals surface area contributed by atoms with E-state index in [-0.39, 0.29) is 29.0 Å². The minimum absolute atomic E-state index is 0.0152. The van der Waals surface area contributed by atoms with E-state index >= 15 is 0 Å². The average molecular weight is 574 g/mol. The van der Waals surface area contributed by atoms with Crippen LogP contribution >= 0.6 is 35.0 Å². The standard InChI is InChI=1S/C24H17Cl2F4N3O3S/c25-16-4-13(5-17(26)19(16)27)23(24(28,29)30)6-18(32-36-23)11-1-2-15-14(3-11)20(34)31-22(15)9-33(10-22)21(35)12-7-37-8-12/h1-5,12H,6-10H2,(H,31,34). The van der Waals surface area contributed by atoms with Gasteiger partial charge in [0.1, 0.15) is 5.54 Å². The Balaban J connectivity index is 1.27. The van der Waals surface area contributed by atoms with Gasteiger partial charge in [-0.3, -0.25) is 9.59 Å². The third-order valence-corrected chi connectivity index (χ3v) is 9.15. The van der Waals surface area contributed by atoms with Gasteiger partial charge in [0, 0.05) is 47.7 Å². The number of carbonyl (C=O) groups is 2. The van der Waals surface area contributed by atoms with Crippen molar-refractivity contribution >= 4 is 52.5 Å². The minimum Gasteiger partial charge on any atom is -0.374 e. The highest BCUT2D eigenvalue weighted by Gasteiger charge is 2.63. The highest BCUT2D eigenvalue weighted by Crippen LogP contribution is 2.50. The molecule has 1 unspecified atom stereocenters. The molecule has 13 heteroatoms. The number of alkyl halides is 3. The smallest absolute Gasteiger partial charge is 0.374 e. The molecule has 0 aliphatic carbocycles. The van der Waals surface area contributed by atoms with Crippen LogP contribution in [0.15, 0.2) is 35.5 Å². The second kappa shape index (κ2) is 8.25. The average Bonchev–Trinajstić information content (AvgIpc) is 3.35. The predicted molar refractivity (Wildman–Crippen MR) is 129 cm³/mol. The Morgan fingerprint density at radius 3 is 2.43 bits per heavy atom. The Bertz CT molecular complexity index is 1370. The molecule has 4 aliphatic heterocycles. The molecule has 4 aliphatic rings. The Kier molecular flexibility index (Phi) is 5.53. The molecule has 194 valence electrons. The maximum absolute atomic E-state index is 14.3. The quantitative estimate of drug-likeness (QED) is 0.420. The number of carbonyl (C=O) groups excluding carboxylic acids is 2. The number of nitrogens with zero attached hydrogens (tertiary/aromatic N) is 2. The number of hydrogen-bond acceptors (Lipinski definition) is 5. The van der Waals surface area contributed by atoms with E-state index in [4.69, 9.17) is 28.0 Å². The van der Waals surface area contributed by atoms with Gasteiger partial charge in [-0.15, -0.1) is 0 Å². The normalized spacial score (nSPS) is 24.2. The Morgan fingerprint density at radius 2 is 1.84 bits per heavy atom. The van der Waals surface area contributed by atoms with Crippen molar-refractivity contribution in [3.8, 4) is 0 Å². The van der Waals surface area contributed by atoms with E-state index in [2.05, 4.69) is 10.5 Å². The summed E-state index contributed by atoms with van der Waals surface area (Å²) in [7, 11) is 0. The lowest BCUT2D eigenvalue weighted by Gasteiger charge is -2.50. The van der Waals surface area contributed by atoms with Gasteiger partial charge < -0.3 is 15.1 Å². The van der Waals surface area contributed by atoms with Crippen LogP contribution in [-0.4, -0.2) is 53.2 Å². The van der Waals surface area contributed by atoms with Crippen molar-refractivity contribution in [2.24, 2.45) is 11.1 Å². The van der Waals surface area contributed by atoms with Crippen LogP contribution in [-0.2, 0) is 20.8 Å². The van der Waals surface area contributed by atoms with E-state index in [1.165, 1.54) is 6.07 Å². The zero-order chi connectivity index (χ0) is 26.3. The van der Waals surface area contributed by atoms with E-state index < -0.39 is 45.2 Å². The van der Waals surface area contributed by atoms with Gasteiger partial charge in [0.15, 0.2) is 5.82 Å². The molecule has 2 aromatic rings. The molecule has 6 rings (SSSR count). The number of benzene rings is 2. The zero-order valence-corrected chi connectivity index (χ0v) is 21.1. The minimum atomic E-state index is -4.94. The maximum Gasteiger partial charge on any atom is 0.435 e. The number of likely N-dealkylation sites (tertiary alicyclic amines) is 1. The summed E-state index contributed by atoms with van der Waals surface area (Å²) in [6.45, 7) is 0.691. The highest BCUT2D eigenvalue weighted by atomic mass is 35.5. The van der Waals surface area contributed by atoms with Crippen LogP contribution in [0.1, 0.15) is 33.5 Å². The summed E-state index contributed by atoms with van der Waals surface area (Å²) in [5.41, 5.74) is -2.90. The fourth-order valence-electron chi connectivity index (χ4n) is 5.18. The van der Waals surface area contributed by atoms with Gasteiger partial charge in [-0.1, -0.05) is 40.5 Å². The van der Waals surface area contributed by atoms with Gasteiger partial charge in [0.05, 0.1) is 21.7 Å². The summed E-state index contributed by atoms with van der Waals surface area (Å²) in [6.07, 6.45) is -5.68. The van der Waals surface area contributed by atoms with Crippen molar-refractivity contribution in [1.82, 2.24) is 10.2 Å². The lowest BCUT2D eigenvalue weighted by molar-refractivity contribution is -0.275. The molecule has 37 heavy (non-hydrogen) atoms. The lowest BCUT2D eigenvalue weighted by atomic mass is 9.81. The number of nitrogens with one attached hydrogen (secondary N) is 1. The van der Waals surface area contributed by atoms with Crippen molar-refractivity contribution in [1.29, 1.82) is 0 Å². The molecule has 0 radical (unpaired) electrons. The Hall–Kier alpha value is -2.50. The molecule has 6 nitrogen and oxygen atoms in total. The van der Waals surface area contributed by atoms with Crippen LogP contribution < -0.4 is 5.32 Å². The van der Waals surface area contributed by atoms with Crippen molar-refractivity contribution in [3.05, 3.63) is 68.4 Å². The van der Waals surface area contributed by atoms with E-state index in [0.29, 0.717) is 24.2 Å². The first kappa shape index (κ1) is 24.8. The molecule has 4 heterocycles. The first-order chi connectivity index (χ1) is 17.4. The van der Waals surface area contributed by atoms with Crippen molar-refractivity contribution in [3.63, 3.8) is 0 Å². The van der Waals surface area contributed by atoms with Gasteiger partial charge >= 0.3 is 6.18 Å². The van der Waals surface area contributed by atoms with Gasteiger partial charge in [0.2, 0.25) is 5.91 Å². The molecule has 1 atom stereocenters. The first-order valence-electron chi connectivity index (χ1n) is 11.2. The Morgan fingerprint density at radius 1 is 1.16 bits per heavy atom. The van der Waals surface area contributed by atoms with Crippen LogP contribution in [0.4, 0.5) is 17.6 Å². The van der Waals surface area contributed by atoms with Gasteiger partial charge in [-0.25, -0.2) is 4.39 Å². The summed E-state index contributed by atoms with van der Waals surface area (Å²) < 4.78 is 56.8. The number of halogens is 6. The topological polar surface area (TPSA) is 71.0 Å². The van der Waals surface area contributed by atoms with Crippen LogP contribution in [0, 0.1) is 11.7 Å². The molecule has 2 saturated heterocycles. The summed E-state index contributed by atoms with van der Waals surface area (Å²) >= 11 is 13.2. The molecule has 0 saturated carbocycles. The fourth-order valence-corrected chi connectivity index (χ4v) is 6.42. The maximum atomic E-state index is 14.3. The summed E-state index contributed by atoms with van der Waals surface area (Å²) in [6, 6.07) is 6.37. The van der Waals surface area contributed by atoms with Gasteiger partial charge in [-0.2, -0.15) is 24.9 Å². The number of fused-ring (bicyclic) bond motifs is 2. The van der Waals surface area contributed by atoms with Crippen molar-refractivity contribution in [2.75, 3.05) is 24.6 Å².